The predicted molar refractivity (Wildman–Crippen MR) is 61.1 cm³/mol. The van der Waals surface area contributed by atoms with Gasteiger partial charge in [-0.1, -0.05) is 34.1 Å². The summed E-state index contributed by atoms with van der Waals surface area (Å²) in [7, 11) is 2.22. The second kappa shape index (κ2) is 6.42. The average molecular weight is 185 g/mol. The fraction of sp³-hybridized carbons (Fsp3) is 1.00. The van der Waals surface area contributed by atoms with Gasteiger partial charge in [-0.25, -0.2) is 0 Å². The van der Waals surface area contributed by atoms with Crippen LogP contribution in [0.4, 0.5) is 0 Å². The van der Waals surface area contributed by atoms with E-state index in [1.807, 2.05) is 0 Å². The summed E-state index contributed by atoms with van der Waals surface area (Å²) in [5, 5.41) is 0. The van der Waals surface area contributed by atoms with Crippen LogP contribution in [0.15, 0.2) is 0 Å². The molecule has 0 saturated heterocycles. The molecule has 0 rings (SSSR count). The van der Waals surface area contributed by atoms with Crippen molar-refractivity contribution in [2.75, 3.05) is 20.1 Å². The Morgan fingerprint density at radius 2 is 1.62 bits per heavy atom. The second-order valence-electron chi connectivity index (χ2n) is 5.32. The van der Waals surface area contributed by atoms with E-state index in [9.17, 15) is 0 Å². The number of hydrogen-bond donors (Lipinski definition) is 0. The van der Waals surface area contributed by atoms with Crippen molar-refractivity contribution in [3.05, 3.63) is 0 Å². The van der Waals surface area contributed by atoms with E-state index in [2.05, 4.69) is 39.6 Å². The molecule has 0 spiro atoms. The van der Waals surface area contributed by atoms with Crippen LogP contribution in [0.2, 0.25) is 0 Å². The normalized spacial score (nSPS) is 12.5. The monoisotopic (exact) mass is 185 g/mol. The summed E-state index contributed by atoms with van der Waals surface area (Å²) < 4.78 is 0. The van der Waals surface area contributed by atoms with Gasteiger partial charge in [0, 0.05) is 0 Å². The maximum atomic E-state index is 2.43. The standard InChI is InChI=1S/C12H27N/c1-6-10-13(5)11-8-7-9-12(2,3)4/h6-11H2,1-5H3. The van der Waals surface area contributed by atoms with Gasteiger partial charge in [-0.2, -0.15) is 0 Å². The SMILES string of the molecule is CCCN(C)CCCCC(C)(C)C. The van der Waals surface area contributed by atoms with Gasteiger partial charge < -0.3 is 4.90 Å². The van der Waals surface area contributed by atoms with E-state index in [1.54, 1.807) is 0 Å². The molecule has 1 nitrogen and oxygen atoms in total. The minimum absolute atomic E-state index is 0.517. The van der Waals surface area contributed by atoms with Crippen LogP contribution in [0.3, 0.4) is 0 Å². The summed E-state index contributed by atoms with van der Waals surface area (Å²) in [5.41, 5.74) is 0.517. The van der Waals surface area contributed by atoms with Crippen LogP contribution in [-0.2, 0) is 0 Å². The molecular weight excluding hydrogens is 158 g/mol. The lowest BCUT2D eigenvalue weighted by atomic mass is 9.90. The van der Waals surface area contributed by atoms with Crippen molar-refractivity contribution in [3.8, 4) is 0 Å². The lowest BCUT2D eigenvalue weighted by Crippen LogP contribution is -2.20. The molecule has 0 aliphatic rings. The Bertz CT molecular complexity index is 113. The van der Waals surface area contributed by atoms with Gasteiger partial charge in [0.15, 0.2) is 0 Å². The molecule has 0 amide bonds. The van der Waals surface area contributed by atoms with Crippen molar-refractivity contribution in [2.45, 2.75) is 53.4 Å². The van der Waals surface area contributed by atoms with Gasteiger partial charge >= 0.3 is 0 Å². The number of nitrogens with zero attached hydrogens (tertiary/aromatic N) is 1. The quantitative estimate of drug-likeness (QED) is 0.572. The van der Waals surface area contributed by atoms with Gasteiger partial charge in [-0.3, -0.25) is 0 Å². The molecule has 0 unspecified atom stereocenters. The molecule has 1 heteroatoms. The first kappa shape index (κ1) is 13.0. The van der Waals surface area contributed by atoms with E-state index in [0.29, 0.717) is 5.41 Å². The average Bonchev–Trinajstić information content (AvgIpc) is 1.97. The van der Waals surface area contributed by atoms with Crippen LogP contribution >= 0.6 is 0 Å². The Kier molecular flexibility index (Phi) is 6.40. The first-order valence-corrected chi connectivity index (χ1v) is 5.64. The third kappa shape index (κ3) is 9.88. The Hall–Kier alpha value is -0.0400. The van der Waals surface area contributed by atoms with Crippen LogP contribution in [0.1, 0.15) is 53.4 Å². The van der Waals surface area contributed by atoms with E-state index >= 15 is 0 Å². The van der Waals surface area contributed by atoms with Crippen LogP contribution in [0, 0.1) is 5.41 Å². The third-order valence-corrected chi connectivity index (χ3v) is 2.32. The van der Waals surface area contributed by atoms with Crippen molar-refractivity contribution in [2.24, 2.45) is 5.41 Å². The van der Waals surface area contributed by atoms with Gasteiger partial charge in [0.05, 0.1) is 0 Å². The minimum atomic E-state index is 0.517. The molecule has 0 radical (unpaired) electrons. The minimum Gasteiger partial charge on any atom is -0.306 e. The molecule has 13 heavy (non-hydrogen) atoms. The first-order chi connectivity index (χ1) is 5.95. The third-order valence-electron chi connectivity index (χ3n) is 2.32. The first-order valence-electron chi connectivity index (χ1n) is 5.64. The van der Waals surface area contributed by atoms with E-state index in [4.69, 9.17) is 0 Å². The van der Waals surface area contributed by atoms with Gasteiger partial charge in [-0.05, 0) is 44.8 Å². The van der Waals surface area contributed by atoms with E-state index in [-0.39, 0.29) is 0 Å². The Balaban J connectivity index is 3.25. The molecule has 0 bridgehead atoms. The highest BCUT2D eigenvalue weighted by Gasteiger charge is 2.08. The van der Waals surface area contributed by atoms with Gasteiger partial charge in [0.2, 0.25) is 0 Å². The zero-order chi connectivity index (χ0) is 10.3. The van der Waals surface area contributed by atoms with Crippen molar-refractivity contribution < 1.29 is 0 Å². The number of rotatable bonds is 6. The van der Waals surface area contributed by atoms with Gasteiger partial charge in [-0.15, -0.1) is 0 Å². The summed E-state index contributed by atoms with van der Waals surface area (Å²) in [5.74, 6) is 0. The molecule has 80 valence electrons. The molecule has 0 saturated carbocycles. The van der Waals surface area contributed by atoms with Crippen LogP contribution < -0.4 is 0 Å². The fourth-order valence-corrected chi connectivity index (χ4v) is 1.53. The van der Waals surface area contributed by atoms with Crippen molar-refractivity contribution in [1.29, 1.82) is 0 Å². The highest BCUT2D eigenvalue weighted by Crippen LogP contribution is 2.21. The molecule has 0 aliphatic heterocycles. The number of hydrogen-bond acceptors (Lipinski definition) is 1. The zero-order valence-electron chi connectivity index (χ0n) is 10.2. The highest BCUT2D eigenvalue weighted by atomic mass is 15.1. The summed E-state index contributed by atoms with van der Waals surface area (Å²) >= 11 is 0. The Morgan fingerprint density at radius 1 is 1.00 bits per heavy atom. The van der Waals surface area contributed by atoms with Crippen molar-refractivity contribution in [1.82, 2.24) is 4.90 Å². The largest absolute Gasteiger partial charge is 0.306 e. The summed E-state index contributed by atoms with van der Waals surface area (Å²) in [6.45, 7) is 11.7. The summed E-state index contributed by atoms with van der Waals surface area (Å²) in [4.78, 5) is 2.43. The second-order valence-corrected chi connectivity index (χ2v) is 5.32. The molecule has 0 N–H and O–H groups in total. The summed E-state index contributed by atoms with van der Waals surface area (Å²) in [6.07, 6.45) is 5.36. The fourth-order valence-electron chi connectivity index (χ4n) is 1.53. The Labute approximate surface area is 84.5 Å². The smallest absolute Gasteiger partial charge is 0.00218 e. The lowest BCUT2D eigenvalue weighted by Gasteiger charge is -2.19. The maximum absolute atomic E-state index is 2.43. The zero-order valence-corrected chi connectivity index (χ0v) is 10.2. The molecular formula is C12H27N. The molecule has 0 atom stereocenters. The predicted octanol–water partition coefficient (Wildman–Crippen LogP) is 3.54. The molecule has 0 heterocycles. The molecule has 0 aromatic heterocycles. The number of unbranched alkanes of at least 4 members (excludes halogenated alkanes) is 1. The van der Waals surface area contributed by atoms with Gasteiger partial charge in [0.25, 0.3) is 0 Å². The van der Waals surface area contributed by atoms with Crippen molar-refractivity contribution in [3.63, 3.8) is 0 Å². The van der Waals surface area contributed by atoms with Crippen LogP contribution in [-0.4, -0.2) is 25.0 Å². The van der Waals surface area contributed by atoms with Crippen molar-refractivity contribution >= 4 is 0 Å². The van der Waals surface area contributed by atoms with Gasteiger partial charge in [0.1, 0.15) is 0 Å². The topological polar surface area (TPSA) is 3.24 Å². The van der Waals surface area contributed by atoms with E-state index in [1.165, 1.54) is 38.8 Å². The molecule has 0 fully saturated rings. The lowest BCUT2D eigenvalue weighted by molar-refractivity contribution is 0.303. The highest BCUT2D eigenvalue weighted by molar-refractivity contribution is 4.61. The summed E-state index contributed by atoms with van der Waals surface area (Å²) in [6, 6.07) is 0. The molecule has 0 aliphatic carbocycles. The van der Waals surface area contributed by atoms with E-state index < -0.39 is 0 Å². The van der Waals surface area contributed by atoms with E-state index in [0.717, 1.165) is 0 Å². The molecule has 0 aromatic rings. The molecule has 0 aromatic carbocycles. The van der Waals surface area contributed by atoms with Crippen LogP contribution in [0.25, 0.3) is 0 Å². The Morgan fingerprint density at radius 3 is 2.08 bits per heavy atom. The maximum Gasteiger partial charge on any atom is -0.00218 e. The van der Waals surface area contributed by atoms with Crippen LogP contribution in [0.5, 0.6) is 0 Å².